The van der Waals surface area contributed by atoms with Gasteiger partial charge in [0.2, 0.25) is 0 Å². The van der Waals surface area contributed by atoms with Crippen LogP contribution in [0.1, 0.15) is 44.5 Å². The molecular formula is C67H48N4. The van der Waals surface area contributed by atoms with Gasteiger partial charge in [-0.25, -0.2) is 15.0 Å². The van der Waals surface area contributed by atoms with Crippen LogP contribution in [0.4, 0.5) is 0 Å². The highest BCUT2D eigenvalue weighted by molar-refractivity contribution is 6.16. The summed E-state index contributed by atoms with van der Waals surface area (Å²) in [7, 11) is 0. The molecule has 0 unspecified atom stereocenters. The van der Waals surface area contributed by atoms with Crippen molar-refractivity contribution < 1.29 is 0 Å². The zero-order chi connectivity index (χ0) is 47.9. The highest BCUT2D eigenvalue weighted by Crippen LogP contribution is 2.36. The van der Waals surface area contributed by atoms with E-state index in [0.29, 0.717) is 22.8 Å². The number of rotatable bonds is 11. The third kappa shape index (κ3) is 9.93. The van der Waals surface area contributed by atoms with E-state index in [1.165, 1.54) is 11.1 Å². The number of nitrogens with zero attached hydrogens (tertiary/aromatic N) is 3. The standard InChI is InChI=1S/C67H48N4/c1-46(69-67(52-27-14-6-15-28-52)45-62(68)56-33-31-49-22-17-18-30-53(49)37-56)58-39-59(60-43-64(50-23-10-4-11-24-50)71-65(44-60)51-25-12-5-13-26-51)41-61(40-58)63-36-35-55(47-19-7-2-8-20-47)42-66(70-63)57-34-32-48-21-9-3-16-29-54(48)38-57/h2-28,30-35,37-45H,1,29,68H2/b62-45-,69-67?. The van der Waals surface area contributed by atoms with Gasteiger partial charge < -0.3 is 5.73 Å². The van der Waals surface area contributed by atoms with Crippen LogP contribution in [0.3, 0.4) is 0 Å². The summed E-state index contributed by atoms with van der Waals surface area (Å²) in [5, 5.41) is 2.27. The first-order valence-corrected chi connectivity index (χ1v) is 23.8. The van der Waals surface area contributed by atoms with Crippen molar-refractivity contribution in [2.75, 3.05) is 0 Å². The molecular weight excluding hydrogens is 861 g/mol. The van der Waals surface area contributed by atoms with Crippen molar-refractivity contribution in [3.63, 3.8) is 0 Å². The molecule has 0 spiro atoms. The summed E-state index contributed by atoms with van der Waals surface area (Å²) >= 11 is 0. The Morgan fingerprint density at radius 3 is 1.89 bits per heavy atom. The van der Waals surface area contributed by atoms with Crippen molar-refractivity contribution in [2.24, 2.45) is 15.7 Å². The molecule has 0 atom stereocenters. The molecule has 1 aliphatic heterocycles. The first-order valence-electron chi connectivity index (χ1n) is 23.8. The highest BCUT2D eigenvalue weighted by Gasteiger charge is 2.17. The molecule has 1 aliphatic carbocycles. The number of aromatic nitrogens is 1. The monoisotopic (exact) mass is 908 g/mol. The molecule has 0 bridgehead atoms. The predicted octanol–water partition coefficient (Wildman–Crippen LogP) is 15.9. The van der Waals surface area contributed by atoms with E-state index in [0.717, 1.165) is 95.5 Å². The van der Waals surface area contributed by atoms with Crippen molar-refractivity contribution in [1.82, 2.24) is 4.98 Å². The fraction of sp³-hybridized carbons (Fsp3) is 0.0149. The Balaban J connectivity index is 1.11. The Bertz CT molecular complexity index is 3690. The lowest BCUT2D eigenvalue weighted by Gasteiger charge is -2.14. The van der Waals surface area contributed by atoms with Crippen LogP contribution < -0.4 is 5.73 Å². The number of aliphatic imine (C=N–C) groups is 2. The smallest absolute Gasteiger partial charge is 0.113 e. The van der Waals surface area contributed by atoms with Gasteiger partial charge in [0.05, 0.1) is 28.5 Å². The van der Waals surface area contributed by atoms with Gasteiger partial charge in [-0.2, -0.15) is 0 Å². The van der Waals surface area contributed by atoms with Crippen LogP contribution in [0.15, 0.2) is 271 Å². The van der Waals surface area contributed by atoms with Gasteiger partial charge >= 0.3 is 0 Å². The van der Waals surface area contributed by atoms with E-state index >= 15 is 0 Å². The van der Waals surface area contributed by atoms with Gasteiger partial charge in [0.15, 0.2) is 0 Å². The summed E-state index contributed by atoms with van der Waals surface area (Å²) in [6.45, 7) is 4.68. The van der Waals surface area contributed by atoms with Gasteiger partial charge in [-0.05, 0) is 117 Å². The number of hydrogen-bond acceptors (Lipinski definition) is 4. The van der Waals surface area contributed by atoms with Crippen LogP contribution in [-0.2, 0) is 6.42 Å². The summed E-state index contributed by atoms with van der Waals surface area (Å²) in [5.41, 5.74) is 28.8. The Morgan fingerprint density at radius 2 is 1.17 bits per heavy atom. The Kier molecular flexibility index (Phi) is 12.4. The molecule has 0 fully saturated rings. The molecule has 9 aromatic rings. The summed E-state index contributed by atoms with van der Waals surface area (Å²) < 4.78 is 0. The summed E-state index contributed by atoms with van der Waals surface area (Å²) in [6.07, 6.45) is 15.6. The van der Waals surface area contributed by atoms with Crippen LogP contribution in [0.25, 0.3) is 73.2 Å². The summed E-state index contributed by atoms with van der Waals surface area (Å²) in [6, 6.07) is 73.3. The van der Waals surface area contributed by atoms with Crippen molar-refractivity contribution in [3.8, 4) is 33.6 Å². The molecule has 2 N–H and O–H groups in total. The third-order valence-corrected chi connectivity index (χ3v) is 12.8. The molecule has 336 valence electrons. The molecule has 0 radical (unpaired) electrons. The zero-order valence-electron chi connectivity index (χ0n) is 39.1. The molecule has 0 saturated heterocycles. The minimum Gasteiger partial charge on any atom is -0.398 e. The first-order chi connectivity index (χ1) is 35.0. The lowest BCUT2D eigenvalue weighted by Crippen LogP contribution is -2.04. The molecule has 4 heteroatoms. The van der Waals surface area contributed by atoms with E-state index in [-0.39, 0.29) is 0 Å². The van der Waals surface area contributed by atoms with E-state index < -0.39 is 0 Å². The van der Waals surface area contributed by atoms with Crippen LogP contribution in [0, 0.1) is 0 Å². The van der Waals surface area contributed by atoms with Gasteiger partial charge in [-0.3, -0.25) is 0 Å². The summed E-state index contributed by atoms with van der Waals surface area (Å²) in [4.78, 5) is 16.1. The fourth-order valence-corrected chi connectivity index (χ4v) is 9.06. The predicted molar refractivity (Wildman–Crippen MR) is 299 cm³/mol. The first kappa shape index (κ1) is 44.1. The van der Waals surface area contributed by atoms with Crippen molar-refractivity contribution in [3.05, 3.63) is 306 Å². The molecule has 2 aliphatic rings. The SMILES string of the molecule is C=C(N=C(/C=C(\N)c1ccc2ccccc2c1)c1ccccc1)c1cc(C2=C=CC(c3ccccc3)=CC(c3ccc4c(c3)CC=CC=C4)=N2)cc(-c2cc(-c3ccccc3)nc(-c3ccccc3)c2)c1. The van der Waals surface area contributed by atoms with Crippen LogP contribution >= 0.6 is 0 Å². The number of allylic oxidation sites excluding steroid dienone is 7. The number of fused-ring (bicyclic) bond motifs is 2. The highest BCUT2D eigenvalue weighted by atomic mass is 14.8. The van der Waals surface area contributed by atoms with E-state index in [9.17, 15) is 0 Å². The second-order valence-corrected chi connectivity index (χ2v) is 17.6. The lowest BCUT2D eigenvalue weighted by molar-refractivity contribution is 1.26. The topological polar surface area (TPSA) is 63.6 Å². The van der Waals surface area contributed by atoms with E-state index in [1.807, 2.05) is 78.9 Å². The third-order valence-electron chi connectivity index (χ3n) is 12.8. The maximum atomic E-state index is 6.96. The Morgan fingerprint density at radius 1 is 0.535 bits per heavy atom. The van der Waals surface area contributed by atoms with E-state index in [1.54, 1.807) is 0 Å². The lowest BCUT2D eigenvalue weighted by atomic mass is 9.95. The van der Waals surface area contributed by atoms with E-state index in [4.69, 9.17) is 20.7 Å². The van der Waals surface area contributed by atoms with Gasteiger partial charge in [0.1, 0.15) is 5.70 Å². The second-order valence-electron chi connectivity index (χ2n) is 17.6. The number of hydrogen-bond donors (Lipinski definition) is 1. The van der Waals surface area contributed by atoms with Crippen molar-refractivity contribution in [1.29, 1.82) is 0 Å². The number of pyridine rings is 1. The Labute approximate surface area is 415 Å². The number of benzene rings is 8. The van der Waals surface area contributed by atoms with E-state index in [2.05, 4.69) is 188 Å². The molecule has 11 rings (SSSR count). The maximum Gasteiger partial charge on any atom is 0.113 e. The fourth-order valence-electron chi connectivity index (χ4n) is 9.06. The zero-order valence-corrected chi connectivity index (χ0v) is 39.1. The van der Waals surface area contributed by atoms with Crippen LogP contribution in [0.2, 0.25) is 0 Å². The largest absolute Gasteiger partial charge is 0.398 e. The second kappa shape index (κ2) is 20.0. The van der Waals surface area contributed by atoms with Crippen molar-refractivity contribution >= 4 is 50.9 Å². The van der Waals surface area contributed by atoms with Gasteiger partial charge in [-0.15, -0.1) is 0 Å². The van der Waals surface area contributed by atoms with Crippen molar-refractivity contribution in [2.45, 2.75) is 6.42 Å². The number of nitrogens with two attached hydrogens (primary N) is 1. The van der Waals surface area contributed by atoms with Crippen LogP contribution in [-0.4, -0.2) is 16.4 Å². The summed E-state index contributed by atoms with van der Waals surface area (Å²) in [5.74, 6) is 0. The van der Waals surface area contributed by atoms with Gasteiger partial charge in [0.25, 0.3) is 0 Å². The average Bonchev–Trinajstić information content (AvgIpc) is 3.83. The Hall–Kier alpha value is -9.47. The molecule has 2 heterocycles. The minimum atomic E-state index is 0.563. The molecule has 1 aromatic heterocycles. The molecule has 4 nitrogen and oxygen atoms in total. The normalized spacial score (nSPS) is 13.4. The quantitative estimate of drug-likeness (QED) is 0.104. The molecule has 0 amide bonds. The molecule has 8 aromatic carbocycles. The minimum absolute atomic E-state index is 0.563. The van der Waals surface area contributed by atoms with Gasteiger partial charge in [0, 0.05) is 39.1 Å². The average molecular weight is 909 g/mol. The van der Waals surface area contributed by atoms with Crippen LogP contribution in [0.5, 0.6) is 0 Å². The molecule has 0 saturated carbocycles. The maximum absolute atomic E-state index is 6.96. The van der Waals surface area contributed by atoms with Gasteiger partial charge in [-0.1, -0.05) is 206 Å². The molecule has 71 heavy (non-hydrogen) atoms.